The molecule has 2 amide bonds. The van der Waals surface area contributed by atoms with Crippen LogP contribution in [0.2, 0.25) is 0 Å². The molecule has 0 radical (unpaired) electrons. The standard InChI is InChI=1S/C51H62N6O10S/c58-47(21-22-48(59)57-35-41-13-4-3-11-39(41)19-20-40-12-5-6-18-46(40)57)52-23-7-1-2-8-34-68-49-38-66-30-26-55(36-42-14-9-16-44(53-42)50(60)61)24-28-64-32-33-65-29-25-56(27-31-67-49)37-43-15-10-17-45(54-43)51(62)63/h3-6,9-18,49H,1-2,7-8,21-38H2,(H,52,58)(H,60,61)(H,62,63)/t49-/m1/s1. The van der Waals surface area contributed by atoms with E-state index >= 15 is 0 Å². The number of anilines is 1. The Bertz CT molecular complexity index is 2320. The third-order valence-electron chi connectivity index (χ3n) is 11.3. The largest absolute Gasteiger partial charge is 0.477 e. The van der Waals surface area contributed by atoms with Crippen molar-refractivity contribution in [3.05, 3.63) is 124 Å². The Morgan fingerprint density at radius 3 is 1.91 bits per heavy atom. The number of pyridine rings is 2. The number of hydrogen-bond donors (Lipinski definition) is 3. The van der Waals surface area contributed by atoms with Gasteiger partial charge < -0.3 is 39.4 Å². The first-order chi connectivity index (χ1) is 33.2. The van der Waals surface area contributed by atoms with Gasteiger partial charge in [0.15, 0.2) is 0 Å². The number of amides is 2. The van der Waals surface area contributed by atoms with Crippen LogP contribution in [-0.4, -0.2) is 144 Å². The Morgan fingerprint density at radius 2 is 1.24 bits per heavy atom. The van der Waals surface area contributed by atoms with E-state index in [1.807, 2.05) is 60.7 Å². The SMILES string of the molecule is O=C(CCC(=O)N1Cc2ccccc2C#Cc2ccccc21)NCCCCCCS[C@@H]1COCCN(Cc2cccc(C(=O)O)n2)CCOCCOCCN(Cc2cccc(C(=O)O)n2)CCO1. The first kappa shape index (κ1) is 51.7. The van der Waals surface area contributed by atoms with Gasteiger partial charge in [-0.2, -0.15) is 0 Å². The van der Waals surface area contributed by atoms with Crippen molar-refractivity contribution in [2.24, 2.45) is 0 Å². The van der Waals surface area contributed by atoms with Crippen molar-refractivity contribution >= 4 is 41.2 Å². The van der Waals surface area contributed by atoms with E-state index in [9.17, 15) is 29.4 Å². The van der Waals surface area contributed by atoms with Crippen molar-refractivity contribution in [3.8, 4) is 11.8 Å². The third kappa shape index (κ3) is 17.7. The number of aromatic carboxylic acids is 2. The lowest BCUT2D eigenvalue weighted by Crippen LogP contribution is -2.34. The van der Waals surface area contributed by atoms with Crippen LogP contribution in [0.4, 0.5) is 5.69 Å². The number of fused-ring (bicyclic) bond motifs is 2. The summed E-state index contributed by atoms with van der Waals surface area (Å²) in [6.45, 7) is 6.92. The van der Waals surface area contributed by atoms with Crippen LogP contribution < -0.4 is 10.2 Å². The zero-order chi connectivity index (χ0) is 47.8. The molecule has 3 N–H and O–H groups in total. The molecule has 0 aliphatic carbocycles. The minimum absolute atomic E-state index is 0.00397. The molecule has 17 heteroatoms. The molecule has 6 rings (SSSR count). The number of nitrogens with one attached hydrogen (secondary N) is 1. The van der Waals surface area contributed by atoms with Gasteiger partial charge in [-0.05, 0) is 66.6 Å². The Balaban J connectivity index is 0.949. The molecule has 2 aromatic heterocycles. The lowest BCUT2D eigenvalue weighted by molar-refractivity contribution is -0.125. The zero-order valence-electron chi connectivity index (χ0n) is 38.5. The van der Waals surface area contributed by atoms with Gasteiger partial charge in [-0.3, -0.25) is 19.4 Å². The number of carboxylic acids is 2. The second-order valence-corrected chi connectivity index (χ2v) is 17.6. The van der Waals surface area contributed by atoms with Crippen LogP contribution in [0.5, 0.6) is 0 Å². The summed E-state index contributed by atoms with van der Waals surface area (Å²) in [5, 5.41) is 21.9. The first-order valence-electron chi connectivity index (χ1n) is 23.3. The van der Waals surface area contributed by atoms with Gasteiger partial charge in [-0.25, -0.2) is 19.6 Å². The van der Waals surface area contributed by atoms with Gasteiger partial charge in [-0.15, -0.1) is 11.8 Å². The normalized spacial score (nSPS) is 16.9. The highest BCUT2D eigenvalue weighted by atomic mass is 32.2. The molecule has 0 unspecified atom stereocenters. The molecule has 362 valence electrons. The number of rotatable bonds is 17. The highest BCUT2D eigenvalue weighted by molar-refractivity contribution is 7.99. The molecule has 2 aliphatic rings. The summed E-state index contributed by atoms with van der Waals surface area (Å²) in [5.74, 6) is 4.87. The molecule has 0 bridgehead atoms. The number of unbranched alkanes of at least 4 members (excludes halogenated alkanes) is 3. The van der Waals surface area contributed by atoms with Gasteiger partial charge in [0.25, 0.3) is 0 Å². The van der Waals surface area contributed by atoms with Crippen LogP contribution in [0.3, 0.4) is 0 Å². The summed E-state index contributed by atoms with van der Waals surface area (Å²) >= 11 is 1.69. The first-order valence-corrected chi connectivity index (χ1v) is 24.3. The minimum atomic E-state index is -1.08. The molecule has 2 aromatic carbocycles. The van der Waals surface area contributed by atoms with Crippen molar-refractivity contribution in [1.29, 1.82) is 0 Å². The van der Waals surface area contributed by atoms with Gasteiger partial charge in [-0.1, -0.05) is 67.1 Å². The van der Waals surface area contributed by atoms with E-state index in [1.54, 1.807) is 28.8 Å². The molecule has 1 atom stereocenters. The van der Waals surface area contributed by atoms with Crippen molar-refractivity contribution < 1.29 is 48.3 Å². The van der Waals surface area contributed by atoms with E-state index in [0.717, 1.165) is 53.8 Å². The number of carbonyl (C=O) groups is 4. The number of ether oxygens (including phenoxy) is 4. The number of nitrogens with zero attached hydrogens (tertiary/aromatic N) is 5. The Kier molecular flexibility index (Phi) is 21.7. The quantitative estimate of drug-likeness (QED) is 0.0859. The lowest BCUT2D eigenvalue weighted by atomic mass is 10.0. The number of thioether (sulfide) groups is 1. The van der Waals surface area contributed by atoms with Crippen molar-refractivity contribution in [2.75, 3.05) is 89.6 Å². The van der Waals surface area contributed by atoms with Gasteiger partial charge in [0.2, 0.25) is 11.8 Å². The van der Waals surface area contributed by atoms with Crippen molar-refractivity contribution in [3.63, 3.8) is 0 Å². The number of aromatic nitrogens is 2. The maximum Gasteiger partial charge on any atom is 0.354 e. The molecule has 2 aliphatic heterocycles. The van der Waals surface area contributed by atoms with E-state index in [0.29, 0.717) is 110 Å². The summed E-state index contributed by atoms with van der Waals surface area (Å²) in [5.41, 5.74) is 4.42. The fourth-order valence-electron chi connectivity index (χ4n) is 7.59. The molecular weight excluding hydrogens is 889 g/mol. The topological polar surface area (TPSA) is 193 Å². The number of carbonyl (C=O) groups excluding carboxylic acids is 2. The van der Waals surface area contributed by atoms with Gasteiger partial charge >= 0.3 is 11.9 Å². The summed E-state index contributed by atoms with van der Waals surface area (Å²) < 4.78 is 24.4. The summed E-state index contributed by atoms with van der Waals surface area (Å²) in [6, 6.07) is 25.4. The van der Waals surface area contributed by atoms with Gasteiger partial charge in [0, 0.05) is 69.8 Å². The third-order valence-corrected chi connectivity index (χ3v) is 12.4. The molecule has 1 fully saturated rings. The maximum absolute atomic E-state index is 13.5. The van der Waals surface area contributed by atoms with E-state index < -0.39 is 11.9 Å². The number of hydrogen-bond acceptors (Lipinski definition) is 13. The lowest BCUT2D eigenvalue weighted by Gasteiger charge is -2.26. The highest BCUT2D eigenvalue weighted by Crippen LogP contribution is 2.26. The van der Waals surface area contributed by atoms with E-state index in [4.69, 9.17) is 18.9 Å². The Hall–Kier alpha value is -5.71. The van der Waals surface area contributed by atoms with E-state index in [2.05, 4.69) is 36.9 Å². The van der Waals surface area contributed by atoms with Crippen LogP contribution in [-0.2, 0) is 48.2 Å². The van der Waals surface area contributed by atoms with Crippen LogP contribution in [0.15, 0.2) is 84.9 Å². The zero-order valence-corrected chi connectivity index (χ0v) is 39.3. The monoisotopic (exact) mass is 950 g/mol. The smallest absolute Gasteiger partial charge is 0.354 e. The molecule has 4 aromatic rings. The van der Waals surface area contributed by atoms with Crippen molar-refractivity contribution in [1.82, 2.24) is 25.1 Å². The maximum atomic E-state index is 13.5. The summed E-state index contributed by atoms with van der Waals surface area (Å²) in [6.07, 6.45) is 3.88. The van der Waals surface area contributed by atoms with Crippen molar-refractivity contribution in [2.45, 2.75) is 63.6 Å². The van der Waals surface area contributed by atoms with Gasteiger partial charge in [0.1, 0.15) is 16.8 Å². The average Bonchev–Trinajstić information content (AvgIpc) is 3.33. The Labute approximate surface area is 402 Å². The second kappa shape index (κ2) is 28.6. The predicted octanol–water partition coefficient (Wildman–Crippen LogP) is 5.72. The van der Waals surface area contributed by atoms with Crippen LogP contribution in [0.1, 0.15) is 87.6 Å². The van der Waals surface area contributed by atoms with Gasteiger partial charge in [0.05, 0.1) is 69.9 Å². The Morgan fingerprint density at radius 1 is 0.647 bits per heavy atom. The van der Waals surface area contributed by atoms with Crippen LogP contribution in [0, 0.1) is 11.8 Å². The van der Waals surface area contributed by atoms with E-state index in [1.165, 1.54) is 12.1 Å². The molecule has 16 nitrogen and oxygen atoms in total. The minimum Gasteiger partial charge on any atom is -0.477 e. The molecule has 0 spiro atoms. The summed E-state index contributed by atoms with van der Waals surface area (Å²) in [4.78, 5) is 64.1. The molecule has 68 heavy (non-hydrogen) atoms. The number of para-hydroxylation sites is 1. The fourth-order valence-corrected chi connectivity index (χ4v) is 8.60. The average molecular weight is 951 g/mol. The molecule has 4 heterocycles. The predicted molar refractivity (Wildman–Crippen MR) is 258 cm³/mol. The molecular formula is C51H62N6O10S. The van der Waals surface area contributed by atoms with Crippen LogP contribution >= 0.6 is 11.8 Å². The molecule has 1 saturated heterocycles. The second-order valence-electron chi connectivity index (χ2n) is 16.3. The van der Waals surface area contributed by atoms with Crippen LogP contribution in [0.25, 0.3) is 0 Å². The molecule has 0 saturated carbocycles. The van der Waals surface area contributed by atoms with E-state index in [-0.39, 0.29) is 41.5 Å². The number of carboxylic acid groups (broad SMARTS) is 2. The highest BCUT2D eigenvalue weighted by Gasteiger charge is 2.22. The number of benzene rings is 2. The summed E-state index contributed by atoms with van der Waals surface area (Å²) in [7, 11) is 0. The fraction of sp³-hybridized carbons (Fsp3) is 0.451.